The van der Waals surface area contributed by atoms with Gasteiger partial charge in [-0.25, -0.2) is 4.79 Å². The number of methoxy groups -OCH3 is 2. The first-order chi connectivity index (χ1) is 22.1. The summed E-state index contributed by atoms with van der Waals surface area (Å²) in [5, 5.41) is 36.9. The molecular formula is C36H49NO9. The van der Waals surface area contributed by atoms with E-state index in [2.05, 4.69) is 11.8 Å². The average molecular weight is 640 g/mol. The second-order valence-electron chi connectivity index (χ2n) is 15.5. The van der Waals surface area contributed by atoms with Gasteiger partial charge in [-0.2, -0.15) is 0 Å². The van der Waals surface area contributed by atoms with E-state index < -0.39 is 34.3 Å². The Morgan fingerprint density at radius 3 is 2.59 bits per heavy atom. The topological polar surface area (TPSA) is 135 Å². The van der Waals surface area contributed by atoms with Crippen molar-refractivity contribution in [1.29, 1.82) is 0 Å². The SMILES string of the molecule is CCN1C[C@]2(OC(=O)c3ccccc3CC(=O)C3CCOC3)CC[C@H](CO)[C@]34C1[C@H](CC23)[C@@]1(O)C[C@H](OC)[C@H]2CC4[C@]1(O)[C@H]2OC. The molecule has 7 aliphatic rings. The number of rotatable bonds is 9. The molecule has 13 atom stereocenters. The monoisotopic (exact) mass is 639 g/mol. The highest BCUT2D eigenvalue weighted by Crippen LogP contribution is 2.80. The average Bonchev–Trinajstić information content (AvgIpc) is 3.75. The molecule has 10 heteroatoms. The zero-order valence-electron chi connectivity index (χ0n) is 27.2. The number of ketones is 1. The van der Waals surface area contributed by atoms with E-state index in [1.807, 2.05) is 18.2 Å². The fraction of sp³-hybridized carbons (Fsp3) is 0.778. The summed E-state index contributed by atoms with van der Waals surface area (Å²) in [6.45, 7) is 4.31. The molecule has 7 fully saturated rings. The second-order valence-corrected chi connectivity index (χ2v) is 15.5. The quantitative estimate of drug-likeness (QED) is 0.345. The molecule has 2 aliphatic heterocycles. The van der Waals surface area contributed by atoms with E-state index in [0.717, 1.165) is 0 Å². The number of carbonyl (C=O) groups excluding carboxylic acids is 2. The summed E-state index contributed by atoms with van der Waals surface area (Å²) in [6, 6.07) is 7.18. The van der Waals surface area contributed by atoms with E-state index in [9.17, 15) is 24.9 Å². The molecule has 0 amide bonds. The first-order valence-electron chi connectivity index (χ1n) is 17.4. The minimum atomic E-state index is -1.51. The molecule has 252 valence electrons. The molecule has 46 heavy (non-hydrogen) atoms. The third kappa shape index (κ3) is 3.72. The number of benzene rings is 1. The summed E-state index contributed by atoms with van der Waals surface area (Å²) >= 11 is 0. The lowest BCUT2D eigenvalue weighted by molar-refractivity contribution is -0.333. The van der Waals surface area contributed by atoms with Gasteiger partial charge in [0.25, 0.3) is 0 Å². The Hall–Kier alpha value is -1.92. The molecule has 4 unspecified atom stereocenters. The van der Waals surface area contributed by atoms with Gasteiger partial charge < -0.3 is 34.3 Å². The maximum Gasteiger partial charge on any atom is 0.339 e. The van der Waals surface area contributed by atoms with Crippen molar-refractivity contribution >= 4 is 11.8 Å². The molecule has 2 heterocycles. The third-order valence-corrected chi connectivity index (χ3v) is 14.3. The lowest BCUT2D eigenvalue weighted by atomic mass is 9.42. The van der Waals surface area contributed by atoms with Gasteiger partial charge in [-0.15, -0.1) is 0 Å². The van der Waals surface area contributed by atoms with E-state index in [0.29, 0.717) is 76.0 Å². The predicted molar refractivity (Wildman–Crippen MR) is 165 cm³/mol. The number of aliphatic hydroxyl groups excluding tert-OH is 1. The molecule has 2 saturated heterocycles. The van der Waals surface area contributed by atoms with E-state index in [1.165, 1.54) is 0 Å². The highest BCUT2D eigenvalue weighted by atomic mass is 16.6. The third-order valence-electron chi connectivity index (χ3n) is 14.3. The van der Waals surface area contributed by atoms with Crippen LogP contribution < -0.4 is 0 Å². The van der Waals surface area contributed by atoms with Crippen LogP contribution in [0.2, 0.25) is 0 Å². The Morgan fingerprint density at radius 2 is 1.89 bits per heavy atom. The number of carbonyl (C=O) groups is 2. The lowest BCUT2D eigenvalue weighted by Gasteiger charge is -2.71. The van der Waals surface area contributed by atoms with E-state index in [-0.39, 0.29) is 66.5 Å². The molecule has 8 rings (SSSR count). The largest absolute Gasteiger partial charge is 0.454 e. The number of esters is 1. The number of likely N-dealkylation sites (N-methyl/N-ethyl adjacent to an activating group) is 1. The number of likely N-dealkylation sites (tertiary alicyclic amines) is 1. The number of fused-ring (bicyclic) bond motifs is 2. The van der Waals surface area contributed by atoms with Crippen LogP contribution in [0.3, 0.4) is 0 Å². The molecule has 7 bridgehead atoms. The molecule has 1 aromatic carbocycles. The minimum absolute atomic E-state index is 0.0296. The van der Waals surface area contributed by atoms with Gasteiger partial charge >= 0.3 is 5.97 Å². The van der Waals surface area contributed by atoms with Gasteiger partial charge in [0.2, 0.25) is 0 Å². The molecule has 3 N–H and O–H groups in total. The molecule has 1 spiro atoms. The summed E-state index contributed by atoms with van der Waals surface area (Å²) in [5.41, 5.74) is -3.34. The summed E-state index contributed by atoms with van der Waals surface area (Å²) in [6.07, 6.45) is 2.78. The number of aliphatic hydroxyl groups is 3. The maximum atomic E-state index is 14.3. The second kappa shape index (κ2) is 10.8. The number of nitrogens with zero attached hydrogens (tertiary/aromatic N) is 1. The zero-order valence-corrected chi connectivity index (χ0v) is 27.2. The first kappa shape index (κ1) is 31.4. The van der Waals surface area contributed by atoms with Gasteiger partial charge in [0, 0.05) is 87.9 Å². The molecule has 10 nitrogen and oxygen atoms in total. The van der Waals surface area contributed by atoms with E-state index in [4.69, 9.17) is 18.9 Å². The first-order valence-corrected chi connectivity index (χ1v) is 17.4. The number of ether oxygens (including phenoxy) is 4. The van der Waals surface area contributed by atoms with Crippen LogP contribution in [0.4, 0.5) is 0 Å². The van der Waals surface area contributed by atoms with Crippen molar-refractivity contribution in [2.24, 2.45) is 40.9 Å². The van der Waals surface area contributed by atoms with Crippen LogP contribution in [0.1, 0.15) is 61.4 Å². The van der Waals surface area contributed by atoms with Gasteiger partial charge in [0.1, 0.15) is 22.6 Å². The van der Waals surface area contributed by atoms with Crippen molar-refractivity contribution in [3.63, 3.8) is 0 Å². The van der Waals surface area contributed by atoms with E-state index in [1.54, 1.807) is 20.3 Å². The summed E-state index contributed by atoms with van der Waals surface area (Å²) in [7, 11) is 3.29. The minimum Gasteiger partial charge on any atom is -0.454 e. The fourth-order valence-corrected chi connectivity index (χ4v) is 12.8. The standard InChI is InChI=1S/C36H49NO9/c1-4-37-19-33(46-32(40)23-8-6-5-7-20(23)13-26(39)21-10-12-45-18-21)11-9-22(17-38)35-28(33)15-25(30(35)37)34(41)16-27(43-2)24-14-29(35)36(34,42)31(24)44-3/h5-8,21-22,24-25,27-31,38,41-42H,4,9-19H2,1-3H3/t21?,22-,24-,25+,27+,28?,29?,30?,31+,33-,34+,35+,36+/m1/s1. The predicted octanol–water partition coefficient (Wildman–Crippen LogP) is 2.00. The number of hydrogen-bond donors (Lipinski definition) is 3. The van der Waals surface area contributed by atoms with Crippen LogP contribution in [-0.4, -0.2) is 114 Å². The summed E-state index contributed by atoms with van der Waals surface area (Å²) < 4.78 is 24.3. The fourth-order valence-electron chi connectivity index (χ4n) is 12.8. The number of piperidine rings is 1. The lowest BCUT2D eigenvalue weighted by Crippen LogP contribution is -2.82. The van der Waals surface area contributed by atoms with Crippen LogP contribution in [0.5, 0.6) is 0 Å². The molecular weight excluding hydrogens is 590 g/mol. The van der Waals surface area contributed by atoms with Gasteiger partial charge in [0.05, 0.1) is 24.4 Å². The van der Waals surface area contributed by atoms with Crippen molar-refractivity contribution < 1.29 is 43.9 Å². The molecule has 0 radical (unpaired) electrons. The van der Waals surface area contributed by atoms with Gasteiger partial charge in [-0.1, -0.05) is 25.1 Å². The Labute approximate surface area is 270 Å². The number of hydrogen-bond acceptors (Lipinski definition) is 10. The molecule has 5 saturated carbocycles. The summed E-state index contributed by atoms with van der Waals surface area (Å²) in [4.78, 5) is 29.8. The Morgan fingerprint density at radius 1 is 1.09 bits per heavy atom. The van der Waals surface area contributed by atoms with Crippen molar-refractivity contribution in [3.8, 4) is 0 Å². The van der Waals surface area contributed by atoms with E-state index >= 15 is 0 Å². The van der Waals surface area contributed by atoms with Crippen LogP contribution in [0.25, 0.3) is 0 Å². The Bertz CT molecular complexity index is 1400. The molecule has 0 aromatic heterocycles. The van der Waals surface area contributed by atoms with Crippen molar-refractivity contribution in [2.45, 2.75) is 86.9 Å². The Balaban J connectivity index is 1.21. The van der Waals surface area contributed by atoms with Crippen molar-refractivity contribution in [3.05, 3.63) is 35.4 Å². The Kier molecular flexibility index (Phi) is 7.35. The maximum absolute atomic E-state index is 14.3. The van der Waals surface area contributed by atoms with Crippen LogP contribution in [-0.2, 0) is 30.2 Å². The van der Waals surface area contributed by atoms with Gasteiger partial charge in [0.15, 0.2) is 0 Å². The van der Waals surface area contributed by atoms with Crippen LogP contribution >= 0.6 is 0 Å². The highest BCUT2D eigenvalue weighted by molar-refractivity contribution is 5.94. The molecule has 5 aliphatic carbocycles. The molecule has 1 aromatic rings. The summed E-state index contributed by atoms with van der Waals surface area (Å²) in [5.74, 6) is -1.55. The normalized spacial score (nSPS) is 48.4. The van der Waals surface area contributed by atoms with Crippen molar-refractivity contribution in [1.82, 2.24) is 4.90 Å². The van der Waals surface area contributed by atoms with Crippen LogP contribution in [0, 0.1) is 40.9 Å². The number of Topliss-reactive ketones (excluding diaryl/α,β-unsaturated/α-hetero) is 1. The van der Waals surface area contributed by atoms with Crippen LogP contribution in [0.15, 0.2) is 24.3 Å². The van der Waals surface area contributed by atoms with Gasteiger partial charge in [-0.3, -0.25) is 9.69 Å². The van der Waals surface area contributed by atoms with Gasteiger partial charge in [-0.05, 0) is 56.2 Å². The smallest absolute Gasteiger partial charge is 0.339 e. The highest BCUT2D eigenvalue weighted by Gasteiger charge is 2.88. The van der Waals surface area contributed by atoms with Crippen molar-refractivity contribution in [2.75, 3.05) is 47.1 Å². The zero-order chi connectivity index (χ0) is 32.2.